The molecular formula is C14H22ClN3O. The Morgan fingerprint density at radius 2 is 2.16 bits per heavy atom. The molecule has 0 atom stereocenters. The van der Waals surface area contributed by atoms with Gasteiger partial charge in [-0.3, -0.25) is 9.69 Å². The molecule has 3 N–H and O–H groups in total. The fourth-order valence-electron chi connectivity index (χ4n) is 1.68. The molecule has 0 aliphatic carbocycles. The maximum Gasteiger partial charge on any atom is 0.234 e. The van der Waals surface area contributed by atoms with E-state index in [-0.39, 0.29) is 5.91 Å². The maximum atomic E-state index is 11.7. The fraction of sp³-hybridized carbons (Fsp3) is 0.500. The van der Waals surface area contributed by atoms with Crippen molar-refractivity contribution in [2.45, 2.75) is 20.4 Å². The zero-order valence-corrected chi connectivity index (χ0v) is 12.5. The van der Waals surface area contributed by atoms with E-state index >= 15 is 0 Å². The van der Waals surface area contributed by atoms with Crippen LogP contribution in [0.5, 0.6) is 0 Å². The standard InChI is InChI=1S/C14H22ClN3O/c1-10(2)7-17-14(19)9-18(3)8-11-6-12(15)4-5-13(11)16/h4-6,10H,7-9,16H2,1-3H3,(H,17,19). The molecular weight excluding hydrogens is 262 g/mol. The Morgan fingerprint density at radius 3 is 2.79 bits per heavy atom. The molecule has 0 saturated heterocycles. The van der Waals surface area contributed by atoms with Gasteiger partial charge in [-0.25, -0.2) is 0 Å². The summed E-state index contributed by atoms with van der Waals surface area (Å²) in [5.74, 6) is 0.481. The Balaban J connectivity index is 2.48. The quantitative estimate of drug-likeness (QED) is 0.787. The number of nitrogens with zero attached hydrogens (tertiary/aromatic N) is 1. The molecule has 1 aromatic rings. The molecule has 19 heavy (non-hydrogen) atoms. The first kappa shape index (κ1) is 15.8. The molecule has 1 rings (SSSR count). The van der Waals surface area contributed by atoms with Gasteiger partial charge in [-0.2, -0.15) is 0 Å². The summed E-state index contributed by atoms with van der Waals surface area (Å²) in [6, 6.07) is 5.37. The van der Waals surface area contributed by atoms with Crippen LogP contribution in [0.3, 0.4) is 0 Å². The Hall–Kier alpha value is -1.26. The van der Waals surface area contributed by atoms with Gasteiger partial charge >= 0.3 is 0 Å². The predicted octanol–water partition coefficient (Wildman–Crippen LogP) is 2.13. The zero-order valence-electron chi connectivity index (χ0n) is 11.7. The lowest BCUT2D eigenvalue weighted by atomic mass is 10.1. The van der Waals surface area contributed by atoms with Crippen LogP contribution in [-0.2, 0) is 11.3 Å². The molecule has 0 aliphatic rings. The predicted molar refractivity (Wildman–Crippen MR) is 80.0 cm³/mol. The molecule has 106 valence electrons. The number of hydrogen-bond acceptors (Lipinski definition) is 3. The number of amides is 1. The minimum atomic E-state index is 0.0248. The van der Waals surface area contributed by atoms with Crippen molar-refractivity contribution < 1.29 is 4.79 Å². The summed E-state index contributed by atoms with van der Waals surface area (Å²) in [6.45, 7) is 5.78. The van der Waals surface area contributed by atoms with E-state index in [1.54, 1.807) is 12.1 Å². The molecule has 0 heterocycles. The maximum absolute atomic E-state index is 11.7. The van der Waals surface area contributed by atoms with Crippen LogP contribution in [0.4, 0.5) is 5.69 Å². The van der Waals surface area contributed by atoms with Crippen molar-refractivity contribution in [3.05, 3.63) is 28.8 Å². The van der Waals surface area contributed by atoms with Crippen LogP contribution in [-0.4, -0.2) is 30.9 Å². The van der Waals surface area contributed by atoms with E-state index in [1.807, 2.05) is 18.0 Å². The molecule has 0 aromatic heterocycles. The molecule has 5 heteroatoms. The summed E-state index contributed by atoms with van der Waals surface area (Å²) < 4.78 is 0. The van der Waals surface area contributed by atoms with Crippen molar-refractivity contribution >= 4 is 23.2 Å². The third-order valence-corrected chi connectivity index (χ3v) is 2.90. The topological polar surface area (TPSA) is 58.4 Å². The molecule has 0 fully saturated rings. The van der Waals surface area contributed by atoms with Gasteiger partial charge in [-0.15, -0.1) is 0 Å². The second-order valence-electron chi connectivity index (χ2n) is 5.21. The van der Waals surface area contributed by atoms with E-state index in [4.69, 9.17) is 17.3 Å². The van der Waals surface area contributed by atoms with Gasteiger partial charge in [0.2, 0.25) is 5.91 Å². The highest BCUT2D eigenvalue weighted by Gasteiger charge is 2.09. The summed E-state index contributed by atoms with van der Waals surface area (Å²) >= 11 is 5.94. The number of nitrogens with one attached hydrogen (secondary N) is 1. The van der Waals surface area contributed by atoms with Crippen molar-refractivity contribution in [2.75, 3.05) is 25.9 Å². The molecule has 0 saturated carbocycles. The highest BCUT2D eigenvalue weighted by Crippen LogP contribution is 2.18. The van der Waals surface area contributed by atoms with E-state index in [9.17, 15) is 4.79 Å². The number of carbonyl (C=O) groups is 1. The number of rotatable bonds is 6. The highest BCUT2D eigenvalue weighted by molar-refractivity contribution is 6.30. The van der Waals surface area contributed by atoms with Crippen molar-refractivity contribution in [1.29, 1.82) is 0 Å². The van der Waals surface area contributed by atoms with Gasteiger partial charge in [0.25, 0.3) is 0 Å². The Morgan fingerprint density at radius 1 is 1.47 bits per heavy atom. The fourth-order valence-corrected chi connectivity index (χ4v) is 1.87. The molecule has 0 bridgehead atoms. The smallest absolute Gasteiger partial charge is 0.234 e. The van der Waals surface area contributed by atoms with Crippen LogP contribution in [0.1, 0.15) is 19.4 Å². The summed E-state index contributed by atoms with van der Waals surface area (Å²) in [6.07, 6.45) is 0. The third-order valence-electron chi connectivity index (χ3n) is 2.67. The Bertz CT molecular complexity index is 435. The monoisotopic (exact) mass is 283 g/mol. The number of nitrogens with two attached hydrogens (primary N) is 1. The van der Waals surface area contributed by atoms with Crippen LogP contribution in [0, 0.1) is 5.92 Å². The first-order chi connectivity index (χ1) is 8.88. The van der Waals surface area contributed by atoms with Gasteiger partial charge in [0.15, 0.2) is 0 Å². The van der Waals surface area contributed by atoms with Crippen molar-refractivity contribution in [3.63, 3.8) is 0 Å². The number of nitrogen functional groups attached to an aromatic ring is 1. The van der Waals surface area contributed by atoms with Gasteiger partial charge < -0.3 is 11.1 Å². The average molecular weight is 284 g/mol. The number of benzene rings is 1. The first-order valence-corrected chi connectivity index (χ1v) is 6.75. The number of halogens is 1. The Kier molecular flexibility index (Phi) is 6.12. The molecule has 1 amide bonds. The van der Waals surface area contributed by atoms with Crippen molar-refractivity contribution in [2.24, 2.45) is 5.92 Å². The second-order valence-corrected chi connectivity index (χ2v) is 5.65. The van der Waals surface area contributed by atoms with Gasteiger partial charge in [-0.05, 0) is 36.7 Å². The summed E-state index contributed by atoms with van der Waals surface area (Å²) in [5, 5.41) is 3.54. The number of likely N-dealkylation sites (N-methyl/N-ethyl adjacent to an activating group) is 1. The largest absolute Gasteiger partial charge is 0.398 e. The van der Waals surface area contributed by atoms with Crippen LogP contribution in [0.25, 0.3) is 0 Å². The summed E-state index contributed by atoms with van der Waals surface area (Å²) in [7, 11) is 1.88. The number of anilines is 1. The van der Waals surface area contributed by atoms with Crippen molar-refractivity contribution in [1.82, 2.24) is 10.2 Å². The highest BCUT2D eigenvalue weighted by atomic mass is 35.5. The molecule has 0 aliphatic heterocycles. The van der Waals surface area contributed by atoms with Gasteiger partial charge in [0.1, 0.15) is 0 Å². The van der Waals surface area contributed by atoms with E-state index in [0.29, 0.717) is 36.3 Å². The molecule has 1 aromatic carbocycles. The van der Waals surface area contributed by atoms with Gasteiger partial charge in [-0.1, -0.05) is 25.4 Å². The van der Waals surface area contributed by atoms with Crippen molar-refractivity contribution in [3.8, 4) is 0 Å². The Labute approximate surface area is 119 Å². The summed E-state index contributed by atoms with van der Waals surface area (Å²) in [4.78, 5) is 13.6. The van der Waals surface area contributed by atoms with Gasteiger partial charge in [0, 0.05) is 23.8 Å². The van der Waals surface area contributed by atoms with E-state index < -0.39 is 0 Å². The van der Waals surface area contributed by atoms with E-state index in [2.05, 4.69) is 19.2 Å². The van der Waals surface area contributed by atoms with Crippen LogP contribution in [0.2, 0.25) is 5.02 Å². The minimum absolute atomic E-state index is 0.0248. The van der Waals surface area contributed by atoms with E-state index in [1.165, 1.54) is 0 Å². The van der Waals surface area contributed by atoms with Gasteiger partial charge in [0.05, 0.1) is 6.54 Å². The van der Waals surface area contributed by atoms with Crippen LogP contribution in [0.15, 0.2) is 18.2 Å². The lowest BCUT2D eigenvalue weighted by Crippen LogP contribution is -2.36. The molecule has 4 nitrogen and oxygen atoms in total. The number of carbonyl (C=O) groups excluding carboxylic acids is 1. The molecule has 0 radical (unpaired) electrons. The van der Waals surface area contributed by atoms with Crippen LogP contribution < -0.4 is 11.1 Å². The third kappa shape index (κ3) is 5.94. The lowest BCUT2D eigenvalue weighted by Gasteiger charge is -2.18. The first-order valence-electron chi connectivity index (χ1n) is 6.37. The number of hydrogen-bond donors (Lipinski definition) is 2. The van der Waals surface area contributed by atoms with Crippen LogP contribution >= 0.6 is 11.6 Å². The SMILES string of the molecule is CC(C)CNC(=O)CN(C)Cc1cc(Cl)ccc1N. The normalized spacial score (nSPS) is 11.1. The minimum Gasteiger partial charge on any atom is -0.398 e. The van der Waals surface area contributed by atoms with E-state index in [0.717, 1.165) is 5.56 Å². The molecule has 0 spiro atoms. The zero-order chi connectivity index (χ0) is 14.4. The summed E-state index contributed by atoms with van der Waals surface area (Å²) in [5.41, 5.74) is 7.51. The average Bonchev–Trinajstić information content (AvgIpc) is 2.31. The second kappa shape index (κ2) is 7.36. The molecule has 0 unspecified atom stereocenters. The lowest BCUT2D eigenvalue weighted by molar-refractivity contribution is -0.122.